The average Bonchev–Trinajstić information content (AvgIpc) is 2.68. The number of likely N-dealkylation sites (N-methyl/N-ethyl adjacent to an activating group) is 1. The molecule has 2 aromatic heterocycles. The van der Waals surface area contributed by atoms with Gasteiger partial charge in [-0.15, -0.1) is 24.0 Å². The Morgan fingerprint density at radius 1 is 1.11 bits per heavy atom. The molecule has 0 radical (unpaired) electrons. The number of halogens is 1. The molecule has 146 valence electrons. The van der Waals surface area contributed by atoms with Crippen molar-refractivity contribution in [2.24, 2.45) is 10.7 Å². The van der Waals surface area contributed by atoms with Crippen LogP contribution >= 0.6 is 24.0 Å². The van der Waals surface area contributed by atoms with Gasteiger partial charge in [0.2, 0.25) is 0 Å². The van der Waals surface area contributed by atoms with Gasteiger partial charge in [0.1, 0.15) is 5.82 Å². The first-order chi connectivity index (χ1) is 12.7. The van der Waals surface area contributed by atoms with Crippen molar-refractivity contribution in [3.05, 3.63) is 54.0 Å². The van der Waals surface area contributed by atoms with Crippen molar-refractivity contribution >= 4 is 35.8 Å². The Labute approximate surface area is 178 Å². The van der Waals surface area contributed by atoms with Gasteiger partial charge in [-0.05, 0) is 25.2 Å². The number of hydrogen-bond donors (Lipinski definition) is 2. The summed E-state index contributed by atoms with van der Waals surface area (Å²) in [5, 5.41) is 3.15. The number of nitrogens with two attached hydrogens (primary N) is 1. The van der Waals surface area contributed by atoms with Crippen LogP contribution in [-0.4, -0.2) is 60.6 Å². The number of aromatic nitrogens is 2. The Hall–Kier alpha value is -1.94. The van der Waals surface area contributed by atoms with Gasteiger partial charge in [0.15, 0.2) is 5.96 Å². The van der Waals surface area contributed by atoms with Crippen LogP contribution in [0.25, 0.3) is 0 Å². The summed E-state index contributed by atoms with van der Waals surface area (Å²) < 4.78 is 0. The van der Waals surface area contributed by atoms with Gasteiger partial charge in [0.05, 0.1) is 6.54 Å². The molecule has 1 aliphatic heterocycles. The first-order valence-electron chi connectivity index (χ1n) is 9.03. The Kier molecular flexibility index (Phi) is 8.73. The Bertz CT molecular complexity index is 715. The average molecular weight is 481 g/mol. The molecular weight excluding hydrogens is 453 g/mol. The van der Waals surface area contributed by atoms with Crippen molar-refractivity contribution in [2.75, 3.05) is 44.7 Å². The topological polar surface area (TPSA) is 82.7 Å². The second kappa shape index (κ2) is 11.0. The van der Waals surface area contributed by atoms with E-state index >= 15 is 0 Å². The van der Waals surface area contributed by atoms with Crippen LogP contribution in [0, 0.1) is 0 Å². The van der Waals surface area contributed by atoms with E-state index in [2.05, 4.69) is 43.2 Å². The molecule has 0 aromatic carbocycles. The molecule has 3 N–H and O–H groups in total. The smallest absolute Gasteiger partial charge is 0.188 e. The van der Waals surface area contributed by atoms with E-state index in [-0.39, 0.29) is 24.0 Å². The molecule has 2 aromatic rings. The van der Waals surface area contributed by atoms with E-state index in [0.29, 0.717) is 19.0 Å². The zero-order chi connectivity index (χ0) is 18.2. The second-order valence-corrected chi connectivity index (χ2v) is 6.48. The van der Waals surface area contributed by atoms with Gasteiger partial charge in [-0.1, -0.05) is 12.1 Å². The van der Waals surface area contributed by atoms with Crippen molar-refractivity contribution in [2.45, 2.75) is 13.0 Å². The first kappa shape index (κ1) is 21.4. The summed E-state index contributed by atoms with van der Waals surface area (Å²) in [7, 11) is 2.15. The normalized spacial score (nSPS) is 15.3. The van der Waals surface area contributed by atoms with Crippen LogP contribution in [-0.2, 0) is 13.0 Å². The van der Waals surface area contributed by atoms with E-state index < -0.39 is 0 Å². The second-order valence-electron chi connectivity index (χ2n) is 6.48. The molecule has 7 nitrogen and oxygen atoms in total. The highest BCUT2D eigenvalue weighted by Crippen LogP contribution is 2.19. The van der Waals surface area contributed by atoms with Crippen molar-refractivity contribution in [1.82, 2.24) is 20.2 Å². The molecule has 1 aliphatic rings. The van der Waals surface area contributed by atoms with Gasteiger partial charge in [-0.25, -0.2) is 9.98 Å². The molecule has 1 saturated heterocycles. The number of piperazine rings is 1. The van der Waals surface area contributed by atoms with E-state index in [9.17, 15) is 0 Å². The van der Waals surface area contributed by atoms with Gasteiger partial charge >= 0.3 is 0 Å². The van der Waals surface area contributed by atoms with Crippen LogP contribution in [0.5, 0.6) is 0 Å². The number of rotatable bonds is 6. The summed E-state index contributed by atoms with van der Waals surface area (Å²) in [4.78, 5) is 18.0. The summed E-state index contributed by atoms with van der Waals surface area (Å²) in [5.74, 6) is 1.47. The molecule has 27 heavy (non-hydrogen) atoms. The zero-order valence-corrected chi connectivity index (χ0v) is 18.0. The quantitative estimate of drug-likeness (QED) is 0.370. The maximum absolute atomic E-state index is 6.01. The Morgan fingerprint density at radius 3 is 2.63 bits per heavy atom. The highest BCUT2D eigenvalue weighted by molar-refractivity contribution is 14.0. The highest BCUT2D eigenvalue weighted by atomic mass is 127. The third-order valence-electron chi connectivity index (χ3n) is 4.50. The molecular formula is C19H28IN7. The summed E-state index contributed by atoms with van der Waals surface area (Å²) in [6, 6.07) is 9.94. The fourth-order valence-electron chi connectivity index (χ4n) is 2.95. The fraction of sp³-hybridized carbons (Fsp3) is 0.421. The van der Waals surface area contributed by atoms with Crippen molar-refractivity contribution < 1.29 is 0 Å². The van der Waals surface area contributed by atoms with Crippen molar-refractivity contribution in [3.8, 4) is 0 Å². The Balaban J connectivity index is 0.00000261. The third kappa shape index (κ3) is 6.62. The minimum Gasteiger partial charge on any atom is -0.370 e. The van der Waals surface area contributed by atoms with Gasteiger partial charge in [0.25, 0.3) is 0 Å². The van der Waals surface area contributed by atoms with E-state index in [1.807, 2.05) is 30.5 Å². The van der Waals surface area contributed by atoms with E-state index in [1.54, 1.807) is 6.20 Å². The number of anilines is 1. The molecule has 1 fully saturated rings. The fourth-order valence-corrected chi connectivity index (χ4v) is 2.95. The highest BCUT2D eigenvalue weighted by Gasteiger charge is 2.17. The number of hydrogen-bond acceptors (Lipinski definition) is 5. The number of nitrogens with one attached hydrogen (secondary N) is 1. The third-order valence-corrected chi connectivity index (χ3v) is 4.50. The lowest BCUT2D eigenvalue weighted by molar-refractivity contribution is 0.312. The number of aliphatic imine (C=N–C) groups is 1. The molecule has 0 spiro atoms. The molecule has 3 heterocycles. The van der Waals surface area contributed by atoms with Crippen molar-refractivity contribution in [1.29, 1.82) is 0 Å². The molecule has 0 aliphatic carbocycles. The Morgan fingerprint density at radius 2 is 1.89 bits per heavy atom. The number of guanidine groups is 1. The summed E-state index contributed by atoms with van der Waals surface area (Å²) in [5.41, 5.74) is 8.15. The SMILES string of the molecule is CN1CCN(c2ncccc2CN=C(N)NCCc2ccccn2)CC1.I. The number of nitrogens with zero attached hydrogens (tertiary/aromatic N) is 5. The summed E-state index contributed by atoms with van der Waals surface area (Å²) >= 11 is 0. The van der Waals surface area contributed by atoms with Crippen molar-refractivity contribution in [3.63, 3.8) is 0 Å². The van der Waals surface area contributed by atoms with Crippen LogP contribution in [0.1, 0.15) is 11.3 Å². The monoisotopic (exact) mass is 481 g/mol. The standard InChI is InChI=1S/C19H27N7.HI/c1-25-11-13-26(14-12-25)18-16(5-4-9-22-18)15-24-19(20)23-10-7-17-6-2-3-8-21-17;/h2-6,8-9H,7,10-15H2,1H3,(H3,20,23,24);1H. The molecule has 0 bridgehead atoms. The van der Waals surface area contributed by atoms with Crippen LogP contribution in [0.4, 0.5) is 5.82 Å². The minimum absolute atomic E-state index is 0. The zero-order valence-electron chi connectivity index (χ0n) is 15.7. The van der Waals surface area contributed by atoms with Crippen LogP contribution in [0.15, 0.2) is 47.7 Å². The maximum Gasteiger partial charge on any atom is 0.188 e. The van der Waals surface area contributed by atoms with Gasteiger partial charge in [-0.2, -0.15) is 0 Å². The van der Waals surface area contributed by atoms with Crippen LogP contribution in [0.3, 0.4) is 0 Å². The molecule has 0 saturated carbocycles. The molecule has 0 amide bonds. The largest absolute Gasteiger partial charge is 0.370 e. The number of pyridine rings is 2. The lowest BCUT2D eigenvalue weighted by atomic mass is 10.2. The molecule has 0 atom stereocenters. The van der Waals surface area contributed by atoms with E-state index in [1.165, 1.54) is 0 Å². The lowest BCUT2D eigenvalue weighted by Gasteiger charge is -2.34. The van der Waals surface area contributed by atoms with Gasteiger partial charge in [0, 0.05) is 62.8 Å². The predicted octanol–water partition coefficient (Wildman–Crippen LogP) is 1.49. The van der Waals surface area contributed by atoms with E-state index in [4.69, 9.17) is 5.73 Å². The van der Waals surface area contributed by atoms with Crippen LogP contribution in [0.2, 0.25) is 0 Å². The maximum atomic E-state index is 6.01. The van der Waals surface area contributed by atoms with Gasteiger partial charge < -0.3 is 20.9 Å². The molecule has 8 heteroatoms. The lowest BCUT2D eigenvalue weighted by Crippen LogP contribution is -2.45. The molecule has 0 unspecified atom stereocenters. The minimum atomic E-state index is 0. The first-order valence-corrected chi connectivity index (χ1v) is 9.03. The summed E-state index contributed by atoms with van der Waals surface area (Å²) in [6.45, 7) is 5.32. The van der Waals surface area contributed by atoms with E-state index in [0.717, 1.165) is 49.7 Å². The predicted molar refractivity (Wildman–Crippen MR) is 121 cm³/mol. The summed E-state index contributed by atoms with van der Waals surface area (Å²) in [6.07, 6.45) is 4.46. The molecule has 3 rings (SSSR count). The van der Waals surface area contributed by atoms with Crippen LogP contribution < -0.4 is 16.0 Å². The van der Waals surface area contributed by atoms with Gasteiger partial charge in [-0.3, -0.25) is 4.98 Å².